The number of hydrogen-bond acceptors (Lipinski definition) is 3. The standard InChI is InChI=1S/C11H10BrNO3/c12-7-2-1-3-8(6-7)16-9-4-5-10(14)13-11(9)15/h1-3,6,9H,4-5H2,(H,13,14,15). The third kappa shape index (κ3) is 2.61. The number of hydrogen-bond donors (Lipinski definition) is 1. The van der Waals surface area contributed by atoms with E-state index < -0.39 is 6.10 Å². The smallest absolute Gasteiger partial charge is 0.267 e. The van der Waals surface area contributed by atoms with Crippen LogP contribution in [0.15, 0.2) is 28.7 Å². The lowest BCUT2D eigenvalue weighted by Gasteiger charge is -2.21. The first-order chi connectivity index (χ1) is 7.65. The number of piperidine rings is 1. The van der Waals surface area contributed by atoms with Crippen LogP contribution in [0.25, 0.3) is 0 Å². The average Bonchev–Trinajstić information content (AvgIpc) is 2.22. The lowest BCUT2D eigenvalue weighted by atomic mass is 10.1. The van der Waals surface area contributed by atoms with Gasteiger partial charge < -0.3 is 4.74 Å². The zero-order valence-corrected chi connectivity index (χ0v) is 9.99. The Kier molecular flexibility index (Phi) is 3.24. The van der Waals surface area contributed by atoms with Crippen LogP contribution in [-0.2, 0) is 9.59 Å². The fraction of sp³-hybridized carbons (Fsp3) is 0.273. The van der Waals surface area contributed by atoms with Crippen LogP contribution in [0.2, 0.25) is 0 Å². The van der Waals surface area contributed by atoms with E-state index in [0.717, 1.165) is 4.47 Å². The van der Waals surface area contributed by atoms with Gasteiger partial charge >= 0.3 is 0 Å². The van der Waals surface area contributed by atoms with Gasteiger partial charge in [-0.1, -0.05) is 22.0 Å². The quantitative estimate of drug-likeness (QED) is 0.840. The molecule has 1 N–H and O–H groups in total. The fourth-order valence-electron chi connectivity index (χ4n) is 1.49. The van der Waals surface area contributed by atoms with Crippen molar-refractivity contribution in [2.75, 3.05) is 0 Å². The highest BCUT2D eigenvalue weighted by molar-refractivity contribution is 9.10. The van der Waals surface area contributed by atoms with Gasteiger partial charge in [-0.05, 0) is 18.2 Å². The second-order valence-corrected chi connectivity index (χ2v) is 4.43. The summed E-state index contributed by atoms with van der Waals surface area (Å²) >= 11 is 3.32. The Morgan fingerprint density at radius 2 is 2.19 bits per heavy atom. The fourth-order valence-corrected chi connectivity index (χ4v) is 1.87. The molecule has 2 rings (SSSR count). The molecule has 0 spiro atoms. The first-order valence-corrected chi connectivity index (χ1v) is 5.70. The number of benzene rings is 1. The number of carbonyl (C=O) groups excluding carboxylic acids is 2. The summed E-state index contributed by atoms with van der Waals surface area (Å²) in [5.41, 5.74) is 0. The molecule has 0 saturated carbocycles. The van der Waals surface area contributed by atoms with Crippen LogP contribution in [0.1, 0.15) is 12.8 Å². The van der Waals surface area contributed by atoms with Crippen molar-refractivity contribution in [3.05, 3.63) is 28.7 Å². The summed E-state index contributed by atoms with van der Waals surface area (Å²) in [6.45, 7) is 0. The SMILES string of the molecule is O=C1CCC(Oc2cccc(Br)c2)C(=O)N1. The normalized spacial score (nSPS) is 20.4. The molecule has 0 aromatic heterocycles. The molecule has 1 saturated heterocycles. The number of halogens is 1. The molecule has 0 aliphatic carbocycles. The van der Waals surface area contributed by atoms with Gasteiger partial charge in [0.25, 0.3) is 5.91 Å². The molecule has 16 heavy (non-hydrogen) atoms. The van der Waals surface area contributed by atoms with E-state index in [4.69, 9.17) is 4.74 Å². The number of rotatable bonds is 2. The Balaban J connectivity index is 2.05. The molecular formula is C11H10BrNO3. The van der Waals surface area contributed by atoms with Crippen LogP contribution in [0.3, 0.4) is 0 Å². The first kappa shape index (κ1) is 11.1. The zero-order valence-electron chi connectivity index (χ0n) is 8.40. The van der Waals surface area contributed by atoms with Crippen LogP contribution in [0, 0.1) is 0 Å². The van der Waals surface area contributed by atoms with Gasteiger partial charge in [-0.15, -0.1) is 0 Å². The number of ether oxygens (including phenoxy) is 1. The molecule has 0 radical (unpaired) electrons. The van der Waals surface area contributed by atoms with Crippen molar-refractivity contribution < 1.29 is 14.3 Å². The summed E-state index contributed by atoms with van der Waals surface area (Å²) < 4.78 is 6.39. The molecule has 1 aromatic carbocycles. The van der Waals surface area contributed by atoms with Gasteiger partial charge in [-0.25, -0.2) is 0 Å². The predicted octanol–water partition coefficient (Wildman–Crippen LogP) is 1.63. The van der Waals surface area contributed by atoms with Gasteiger partial charge in [0.2, 0.25) is 5.91 Å². The second-order valence-electron chi connectivity index (χ2n) is 3.51. The average molecular weight is 284 g/mol. The highest BCUT2D eigenvalue weighted by Crippen LogP contribution is 2.20. The van der Waals surface area contributed by atoms with Crippen molar-refractivity contribution in [1.29, 1.82) is 0 Å². The minimum absolute atomic E-state index is 0.237. The molecule has 1 atom stereocenters. The van der Waals surface area contributed by atoms with E-state index in [0.29, 0.717) is 18.6 Å². The number of imide groups is 1. The van der Waals surface area contributed by atoms with Crippen LogP contribution in [0.5, 0.6) is 5.75 Å². The molecule has 1 fully saturated rings. The molecule has 5 heteroatoms. The number of amides is 2. The Bertz CT molecular complexity index is 433. The van der Waals surface area contributed by atoms with Crippen molar-refractivity contribution in [2.45, 2.75) is 18.9 Å². The highest BCUT2D eigenvalue weighted by atomic mass is 79.9. The molecule has 1 aliphatic heterocycles. The maximum atomic E-state index is 11.4. The summed E-state index contributed by atoms with van der Waals surface area (Å²) in [6, 6.07) is 7.25. The van der Waals surface area contributed by atoms with Crippen LogP contribution >= 0.6 is 15.9 Å². The third-order valence-electron chi connectivity index (χ3n) is 2.26. The zero-order chi connectivity index (χ0) is 11.5. The third-order valence-corrected chi connectivity index (χ3v) is 2.76. The summed E-state index contributed by atoms with van der Waals surface area (Å²) in [5, 5.41) is 2.25. The highest BCUT2D eigenvalue weighted by Gasteiger charge is 2.28. The molecule has 84 valence electrons. The summed E-state index contributed by atoms with van der Waals surface area (Å²) in [5.74, 6) is 0.0131. The van der Waals surface area contributed by atoms with Gasteiger partial charge in [-0.3, -0.25) is 14.9 Å². The lowest BCUT2D eigenvalue weighted by Crippen LogP contribution is -2.46. The van der Waals surface area contributed by atoms with E-state index >= 15 is 0 Å². The number of nitrogens with one attached hydrogen (secondary N) is 1. The Hall–Kier alpha value is -1.36. The molecule has 1 aromatic rings. The van der Waals surface area contributed by atoms with Crippen molar-refractivity contribution in [1.82, 2.24) is 5.32 Å². The maximum absolute atomic E-state index is 11.4. The summed E-state index contributed by atoms with van der Waals surface area (Å²) in [4.78, 5) is 22.4. The summed E-state index contributed by atoms with van der Waals surface area (Å²) in [7, 11) is 0. The van der Waals surface area contributed by atoms with E-state index in [1.165, 1.54) is 0 Å². The molecule has 2 amide bonds. The molecular weight excluding hydrogens is 274 g/mol. The minimum atomic E-state index is -0.577. The van der Waals surface area contributed by atoms with Crippen molar-refractivity contribution in [2.24, 2.45) is 0 Å². The first-order valence-electron chi connectivity index (χ1n) is 4.91. The second kappa shape index (κ2) is 4.65. The minimum Gasteiger partial charge on any atom is -0.481 e. The van der Waals surface area contributed by atoms with Gasteiger partial charge in [0, 0.05) is 17.3 Å². The Morgan fingerprint density at radius 3 is 2.88 bits per heavy atom. The van der Waals surface area contributed by atoms with Crippen molar-refractivity contribution >= 4 is 27.7 Å². The van der Waals surface area contributed by atoms with E-state index in [9.17, 15) is 9.59 Å². The van der Waals surface area contributed by atoms with E-state index in [1.54, 1.807) is 12.1 Å². The van der Waals surface area contributed by atoms with E-state index in [2.05, 4.69) is 21.2 Å². The van der Waals surface area contributed by atoms with Crippen molar-refractivity contribution in [3.8, 4) is 5.75 Å². The van der Waals surface area contributed by atoms with E-state index in [-0.39, 0.29) is 11.8 Å². The van der Waals surface area contributed by atoms with Crippen molar-refractivity contribution in [3.63, 3.8) is 0 Å². The topological polar surface area (TPSA) is 55.4 Å². The van der Waals surface area contributed by atoms with Gasteiger partial charge in [0.05, 0.1) is 0 Å². The van der Waals surface area contributed by atoms with Gasteiger partial charge in [0.15, 0.2) is 6.10 Å². The van der Waals surface area contributed by atoms with Gasteiger partial charge in [-0.2, -0.15) is 0 Å². The van der Waals surface area contributed by atoms with Crippen LogP contribution < -0.4 is 10.1 Å². The molecule has 4 nitrogen and oxygen atoms in total. The van der Waals surface area contributed by atoms with Gasteiger partial charge in [0.1, 0.15) is 5.75 Å². The summed E-state index contributed by atoms with van der Waals surface area (Å²) in [6.07, 6.45) is 0.175. The molecule has 0 bridgehead atoms. The molecule has 1 aliphatic rings. The van der Waals surface area contributed by atoms with Crippen LogP contribution in [0.4, 0.5) is 0 Å². The maximum Gasteiger partial charge on any atom is 0.267 e. The van der Waals surface area contributed by atoms with E-state index in [1.807, 2.05) is 12.1 Å². The Morgan fingerprint density at radius 1 is 1.38 bits per heavy atom. The molecule has 1 unspecified atom stereocenters. The molecule has 1 heterocycles. The number of carbonyl (C=O) groups is 2. The predicted molar refractivity (Wildman–Crippen MR) is 60.9 cm³/mol. The largest absolute Gasteiger partial charge is 0.481 e. The lowest BCUT2D eigenvalue weighted by molar-refractivity contribution is -0.138. The monoisotopic (exact) mass is 283 g/mol. The Labute approximate surface area is 101 Å². The van der Waals surface area contributed by atoms with Crippen LogP contribution in [-0.4, -0.2) is 17.9 Å².